The largest absolute Gasteiger partial charge is 0.493 e. The van der Waals surface area contributed by atoms with Crippen LogP contribution in [0.15, 0.2) is 29.1 Å². The number of rotatable bonds is 9. The van der Waals surface area contributed by atoms with Gasteiger partial charge in [-0.1, -0.05) is 44.7 Å². The minimum absolute atomic E-state index is 0.173. The second kappa shape index (κ2) is 8.84. The number of fused-ring (bicyclic) bond motifs is 1. The summed E-state index contributed by atoms with van der Waals surface area (Å²) in [5.74, 6) is 2.06. The molecule has 0 atom stereocenters. The SMILES string of the molecule is CCCCCCCc1nc(C)c2c(=O)[nH]c(-c3ccccc3OCC)nn12. The molecule has 1 N–H and O–H groups in total. The molecule has 0 spiro atoms. The maximum atomic E-state index is 12.7. The fraction of sp³-hybridized carbons (Fsp3) is 0.476. The summed E-state index contributed by atoms with van der Waals surface area (Å²) in [6.07, 6.45) is 6.77. The van der Waals surface area contributed by atoms with E-state index in [9.17, 15) is 4.79 Å². The molecule has 2 aromatic heterocycles. The normalized spacial score (nSPS) is 11.2. The first-order valence-electron chi connectivity index (χ1n) is 9.86. The van der Waals surface area contributed by atoms with Crippen molar-refractivity contribution in [3.63, 3.8) is 0 Å². The van der Waals surface area contributed by atoms with Crippen LogP contribution in [-0.2, 0) is 6.42 Å². The minimum Gasteiger partial charge on any atom is -0.493 e. The predicted octanol–water partition coefficient (Wildman–Crippen LogP) is 4.30. The van der Waals surface area contributed by atoms with E-state index in [0.29, 0.717) is 23.7 Å². The van der Waals surface area contributed by atoms with Crippen LogP contribution < -0.4 is 10.3 Å². The number of aromatic nitrogens is 4. The average molecular weight is 368 g/mol. The van der Waals surface area contributed by atoms with Gasteiger partial charge in [-0.3, -0.25) is 4.79 Å². The lowest BCUT2D eigenvalue weighted by molar-refractivity contribution is 0.341. The summed E-state index contributed by atoms with van der Waals surface area (Å²) in [6.45, 7) is 6.56. The fourth-order valence-corrected chi connectivity index (χ4v) is 3.35. The van der Waals surface area contributed by atoms with Gasteiger partial charge in [-0.15, -0.1) is 5.10 Å². The highest BCUT2D eigenvalue weighted by Gasteiger charge is 2.16. The molecule has 27 heavy (non-hydrogen) atoms. The zero-order chi connectivity index (χ0) is 19.2. The summed E-state index contributed by atoms with van der Waals surface area (Å²) >= 11 is 0. The van der Waals surface area contributed by atoms with Gasteiger partial charge in [0.15, 0.2) is 11.3 Å². The van der Waals surface area contributed by atoms with E-state index in [1.807, 2.05) is 38.1 Å². The van der Waals surface area contributed by atoms with Crippen molar-refractivity contribution >= 4 is 5.52 Å². The first-order chi connectivity index (χ1) is 13.2. The summed E-state index contributed by atoms with van der Waals surface area (Å²) < 4.78 is 7.41. The Morgan fingerprint density at radius 1 is 1.11 bits per heavy atom. The predicted molar refractivity (Wildman–Crippen MR) is 107 cm³/mol. The van der Waals surface area contributed by atoms with Crippen LogP contribution in [0.3, 0.4) is 0 Å². The van der Waals surface area contributed by atoms with Crippen molar-refractivity contribution in [1.82, 2.24) is 19.6 Å². The van der Waals surface area contributed by atoms with Crippen LogP contribution in [0.1, 0.15) is 57.5 Å². The molecule has 0 unspecified atom stereocenters. The van der Waals surface area contributed by atoms with Gasteiger partial charge in [-0.05, 0) is 32.4 Å². The molecular formula is C21H28N4O2. The Morgan fingerprint density at radius 2 is 1.89 bits per heavy atom. The van der Waals surface area contributed by atoms with Crippen LogP contribution >= 0.6 is 0 Å². The third-order valence-electron chi connectivity index (χ3n) is 4.69. The quantitative estimate of drug-likeness (QED) is 0.571. The average Bonchev–Trinajstić information content (AvgIpc) is 2.98. The fourth-order valence-electron chi connectivity index (χ4n) is 3.35. The number of hydrogen-bond acceptors (Lipinski definition) is 4. The Bertz CT molecular complexity index is 958. The molecule has 144 valence electrons. The zero-order valence-electron chi connectivity index (χ0n) is 16.4. The lowest BCUT2D eigenvalue weighted by atomic mass is 10.1. The number of H-pyrrole nitrogens is 1. The topological polar surface area (TPSA) is 72.3 Å². The molecule has 0 aliphatic carbocycles. The van der Waals surface area contributed by atoms with Gasteiger partial charge >= 0.3 is 0 Å². The molecule has 3 rings (SSSR count). The Kier molecular flexibility index (Phi) is 6.27. The summed E-state index contributed by atoms with van der Waals surface area (Å²) in [5, 5.41) is 4.70. The van der Waals surface area contributed by atoms with Crippen molar-refractivity contribution in [2.45, 2.75) is 59.3 Å². The highest BCUT2D eigenvalue weighted by Crippen LogP contribution is 2.26. The van der Waals surface area contributed by atoms with Crippen LogP contribution in [0, 0.1) is 6.92 Å². The van der Waals surface area contributed by atoms with E-state index >= 15 is 0 Å². The Labute approximate surface area is 159 Å². The lowest BCUT2D eigenvalue weighted by Crippen LogP contribution is -2.16. The molecule has 0 aliphatic rings. The number of aromatic amines is 1. The van der Waals surface area contributed by atoms with Gasteiger partial charge in [0.2, 0.25) is 0 Å². The second-order valence-electron chi connectivity index (χ2n) is 6.77. The van der Waals surface area contributed by atoms with Crippen LogP contribution in [0.25, 0.3) is 16.9 Å². The third-order valence-corrected chi connectivity index (χ3v) is 4.69. The second-order valence-corrected chi connectivity index (χ2v) is 6.77. The number of nitrogens with zero attached hydrogens (tertiary/aromatic N) is 3. The summed E-state index contributed by atoms with van der Waals surface area (Å²) in [5.41, 5.74) is 1.85. The highest BCUT2D eigenvalue weighted by atomic mass is 16.5. The van der Waals surface area contributed by atoms with Crippen molar-refractivity contribution in [1.29, 1.82) is 0 Å². The van der Waals surface area contributed by atoms with Crippen LogP contribution in [0.4, 0.5) is 0 Å². The van der Waals surface area contributed by atoms with Crippen LogP contribution in [0.5, 0.6) is 5.75 Å². The summed E-state index contributed by atoms with van der Waals surface area (Å²) in [6, 6.07) is 7.62. The smallest absolute Gasteiger partial charge is 0.277 e. The zero-order valence-corrected chi connectivity index (χ0v) is 16.4. The van der Waals surface area contributed by atoms with Crippen molar-refractivity contribution < 1.29 is 4.74 Å². The molecule has 6 nitrogen and oxygen atoms in total. The van der Waals surface area contributed by atoms with Crippen molar-refractivity contribution in [2.75, 3.05) is 6.61 Å². The van der Waals surface area contributed by atoms with Gasteiger partial charge in [-0.25, -0.2) is 9.50 Å². The number of para-hydroxylation sites is 1. The van der Waals surface area contributed by atoms with Gasteiger partial charge < -0.3 is 9.72 Å². The van der Waals surface area contributed by atoms with Crippen molar-refractivity contribution in [3.05, 3.63) is 46.1 Å². The van der Waals surface area contributed by atoms with E-state index in [2.05, 4.69) is 16.9 Å². The van der Waals surface area contributed by atoms with E-state index in [1.165, 1.54) is 25.7 Å². The Balaban J connectivity index is 1.97. The molecule has 2 heterocycles. The maximum absolute atomic E-state index is 12.7. The number of nitrogens with one attached hydrogen (secondary N) is 1. The van der Waals surface area contributed by atoms with E-state index in [-0.39, 0.29) is 5.56 Å². The third kappa shape index (κ3) is 4.21. The summed E-state index contributed by atoms with van der Waals surface area (Å²) in [4.78, 5) is 20.2. The van der Waals surface area contributed by atoms with Crippen molar-refractivity contribution in [2.24, 2.45) is 0 Å². The van der Waals surface area contributed by atoms with Gasteiger partial charge in [-0.2, -0.15) is 0 Å². The Morgan fingerprint density at radius 3 is 2.67 bits per heavy atom. The first kappa shape index (κ1) is 19.1. The molecule has 0 saturated carbocycles. The Hall–Kier alpha value is -2.63. The molecule has 0 bridgehead atoms. The molecule has 0 radical (unpaired) electrons. The number of imidazole rings is 1. The molecule has 1 aromatic carbocycles. The molecular weight excluding hydrogens is 340 g/mol. The standard InChI is InChI=1S/C21H28N4O2/c1-4-6-7-8-9-14-18-22-15(3)19-21(26)23-20(24-25(18)19)16-12-10-11-13-17(16)27-5-2/h10-13H,4-9,14H2,1-3H3,(H,23,24,26). The molecule has 0 saturated heterocycles. The van der Waals surface area contributed by atoms with Gasteiger partial charge in [0.05, 0.1) is 17.9 Å². The monoisotopic (exact) mass is 368 g/mol. The first-order valence-corrected chi connectivity index (χ1v) is 9.86. The molecule has 3 aromatic rings. The van der Waals surface area contributed by atoms with E-state index in [4.69, 9.17) is 9.84 Å². The van der Waals surface area contributed by atoms with E-state index in [0.717, 1.165) is 29.9 Å². The minimum atomic E-state index is -0.173. The lowest BCUT2D eigenvalue weighted by Gasteiger charge is -2.10. The van der Waals surface area contributed by atoms with Gasteiger partial charge in [0.1, 0.15) is 11.6 Å². The van der Waals surface area contributed by atoms with Crippen LogP contribution in [0.2, 0.25) is 0 Å². The maximum Gasteiger partial charge on any atom is 0.277 e. The van der Waals surface area contributed by atoms with Gasteiger partial charge in [0.25, 0.3) is 5.56 Å². The molecule has 0 aliphatic heterocycles. The summed E-state index contributed by atoms with van der Waals surface area (Å²) in [7, 11) is 0. The van der Waals surface area contributed by atoms with Crippen molar-refractivity contribution in [3.8, 4) is 17.1 Å². The number of aryl methyl sites for hydroxylation is 2. The van der Waals surface area contributed by atoms with Crippen LogP contribution in [-0.4, -0.2) is 26.2 Å². The number of benzene rings is 1. The van der Waals surface area contributed by atoms with Gasteiger partial charge in [0, 0.05) is 6.42 Å². The number of hydrogen-bond donors (Lipinski definition) is 1. The van der Waals surface area contributed by atoms with E-state index < -0.39 is 0 Å². The molecule has 6 heteroatoms. The number of ether oxygens (including phenoxy) is 1. The highest BCUT2D eigenvalue weighted by molar-refractivity contribution is 5.64. The molecule has 0 amide bonds. The molecule has 0 fully saturated rings. The number of unbranched alkanes of at least 4 members (excludes halogenated alkanes) is 4. The van der Waals surface area contributed by atoms with E-state index in [1.54, 1.807) is 4.52 Å².